The molecule has 0 heterocycles. The van der Waals surface area contributed by atoms with Crippen molar-refractivity contribution >= 4 is 10.0 Å². The zero-order valence-electron chi connectivity index (χ0n) is 14.9. The highest BCUT2D eigenvalue weighted by molar-refractivity contribution is 8.32. The van der Waals surface area contributed by atoms with Gasteiger partial charge in [0.2, 0.25) is 0 Å². The highest BCUT2D eigenvalue weighted by Gasteiger charge is 2.11. The van der Waals surface area contributed by atoms with Crippen molar-refractivity contribution in [2.75, 3.05) is 91.1 Å². The van der Waals surface area contributed by atoms with Crippen molar-refractivity contribution < 1.29 is 23.7 Å². The Balaban J connectivity index is 3.32. The van der Waals surface area contributed by atoms with Crippen molar-refractivity contribution in [3.8, 4) is 0 Å². The first kappa shape index (κ1) is 22.1. The largest absolute Gasteiger partial charge is 0.382 e. The molecule has 0 aliphatic carbocycles. The zero-order chi connectivity index (χ0) is 16.5. The van der Waals surface area contributed by atoms with Crippen LogP contribution in [-0.2, 0) is 23.7 Å². The van der Waals surface area contributed by atoms with Gasteiger partial charge in [0.1, 0.15) is 0 Å². The van der Waals surface area contributed by atoms with Gasteiger partial charge in [0.05, 0.1) is 39.6 Å². The third kappa shape index (κ3) is 16.5. The molecule has 0 amide bonds. The minimum Gasteiger partial charge on any atom is -0.382 e. The number of hydrogen-bond donors (Lipinski definition) is 0. The smallest absolute Gasteiger partial charge is 0.0701 e. The van der Waals surface area contributed by atoms with Gasteiger partial charge >= 0.3 is 0 Å². The van der Waals surface area contributed by atoms with E-state index in [2.05, 4.69) is 12.5 Å². The van der Waals surface area contributed by atoms with E-state index in [0.29, 0.717) is 39.6 Å². The van der Waals surface area contributed by atoms with E-state index < -0.39 is 10.0 Å². The van der Waals surface area contributed by atoms with E-state index in [1.807, 2.05) is 0 Å². The first-order valence-electron chi connectivity index (χ1n) is 8.02. The fourth-order valence-corrected chi connectivity index (χ4v) is 3.92. The van der Waals surface area contributed by atoms with Gasteiger partial charge < -0.3 is 23.7 Å². The molecule has 0 saturated carbocycles. The molecule has 0 atom stereocenters. The van der Waals surface area contributed by atoms with E-state index in [-0.39, 0.29) is 0 Å². The third-order valence-electron chi connectivity index (χ3n) is 3.21. The van der Waals surface area contributed by atoms with Gasteiger partial charge in [-0.25, -0.2) is 10.0 Å². The molecule has 6 heteroatoms. The third-order valence-corrected chi connectivity index (χ3v) is 5.99. The van der Waals surface area contributed by atoms with Crippen LogP contribution in [0.25, 0.3) is 0 Å². The van der Waals surface area contributed by atoms with Gasteiger partial charge in [-0.15, -0.1) is 0 Å². The van der Waals surface area contributed by atoms with Crippen LogP contribution in [0.4, 0.5) is 0 Å². The van der Waals surface area contributed by atoms with E-state index in [1.54, 1.807) is 14.2 Å². The summed E-state index contributed by atoms with van der Waals surface area (Å²) in [5.41, 5.74) is 0. The fourth-order valence-electron chi connectivity index (χ4n) is 1.91. The maximum atomic E-state index is 5.59. The van der Waals surface area contributed by atoms with Crippen molar-refractivity contribution in [1.82, 2.24) is 0 Å². The monoisotopic (exact) mass is 340 g/mol. The van der Waals surface area contributed by atoms with E-state index in [0.717, 1.165) is 26.1 Å². The lowest BCUT2D eigenvalue weighted by molar-refractivity contribution is 0.0251. The average molecular weight is 341 g/mol. The second kappa shape index (κ2) is 16.0. The van der Waals surface area contributed by atoms with Crippen molar-refractivity contribution in [3.05, 3.63) is 0 Å². The van der Waals surface area contributed by atoms with Gasteiger partial charge in [0.15, 0.2) is 0 Å². The van der Waals surface area contributed by atoms with Crippen LogP contribution in [0.5, 0.6) is 0 Å². The molecule has 0 bridgehead atoms. The summed E-state index contributed by atoms with van der Waals surface area (Å²) in [4.78, 5) is 0. The Hall–Kier alpha value is 0.150. The SMILES string of the molecule is COCCOCCCS(C)(C)CCCOCCOCCOC. The predicted molar refractivity (Wildman–Crippen MR) is 94.6 cm³/mol. The fraction of sp³-hybridized carbons (Fsp3) is 1.00. The zero-order valence-corrected chi connectivity index (χ0v) is 15.8. The quantitative estimate of drug-likeness (QED) is 0.380. The van der Waals surface area contributed by atoms with Crippen LogP contribution in [0.3, 0.4) is 0 Å². The van der Waals surface area contributed by atoms with Gasteiger partial charge in [-0.2, -0.15) is 0 Å². The van der Waals surface area contributed by atoms with Crippen molar-refractivity contribution in [1.29, 1.82) is 0 Å². The van der Waals surface area contributed by atoms with Crippen molar-refractivity contribution in [3.63, 3.8) is 0 Å². The van der Waals surface area contributed by atoms with Crippen molar-refractivity contribution in [2.24, 2.45) is 0 Å². The second-order valence-corrected chi connectivity index (χ2v) is 10.1. The highest BCUT2D eigenvalue weighted by atomic mass is 32.3. The van der Waals surface area contributed by atoms with E-state index in [1.165, 1.54) is 11.5 Å². The first-order valence-corrected chi connectivity index (χ1v) is 10.8. The summed E-state index contributed by atoms with van der Waals surface area (Å²) in [6, 6.07) is 0. The summed E-state index contributed by atoms with van der Waals surface area (Å²) in [6.07, 6.45) is 7.07. The van der Waals surface area contributed by atoms with Crippen molar-refractivity contribution in [2.45, 2.75) is 12.8 Å². The van der Waals surface area contributed by atoms with Crippen LogP contribution in [-0.4, -0.2) is 91.1 Å². The van der Waals surface area contributed by atoms with E-state index >= 15 is 0 Å². The molecule has 0 aromatic heterocycles. The van der Waals surface area contributed by atoms with Gasteiger partial charge in [-0.3, -0.25) is 0 Å². The number of rotatable bonds is 17. The van der Waals surface area contributed by atoms with Crippen LogP contribution < -0.4 is 0 Å². The molecule has 0 fully saturated rings. The molecule has 0 N–H and O–H groups in total. The van der Waals surface area contributed by atoms with Gasteiger partial charge in [-0.1, -0.05) is 0 Å². The predicted octanol–water partition coefficient (Wildman–Crippen LogP) is 2.17. The molecule has 5 nitrogen and oxygen atoms in total. The molecule has 0 saturated heterocycles. The molecule has 22 heavy (non-hydrogen) atoms. The molecule has 0 spiro atoms. The standard InChI is InChI=1S/C16H36O5S/c1-17-9-11-19-7-5-15-22(3,4)16-6-8-20-13-14-21-12-10-18-2/h5-16H2,1-4H3. The summed E-state index contributed by atoms with van der Waals surface area (Å²) in [7, 11) is 2.86. The maximum Gasteiger partial charge on any atom is 0.0701 e. The molecular formula is C16H36O5S. The Kier molecular flexibility index (Phi) is 16.1. The Morgan fingerprint density at radius 1 is 0.545 bits per heavy atom. The van der Waals surface area contributed by atoms with Crippen LogP contribution in [0.15, 0.2) is 0 Å². The summed E-state index contributed by atoms with van der Waals surface area (Å²) < 4.78 is 26.3. The number of methoxy groups -OCH3 is 2. The molecule has 0 aliphatic rings. The molecule has 0 rings (SSSR count). The molecule has 136 valence electrons. The highest BCUT2D eigenvalue weighted by Crippen LogP contribution is 2.40. The Morgan fingerprint density at radius 2 is 0.909 bits per heavy atom. The molecule has 0 aromatic carbocycles. The summed E-state index contributed by atoms with van der Waals surface area (Å²) in [5.74, 6) is 2.52. The number of ether oxygens (including phenoxy) is 5. The van der Waals surface area contributed by atoms with Gasteiger partial charge in [-0.05, 0) is 36.9 Å². The minimum atomic E-state index is -0.518. The molecule has 0 aromatic rings. The lowest BCUT2D eigenvalue weighted by Crippen LogP contribution is -2.13. The summed E-state index contributed by atoms with van der Waals surface area (Å²) in [5, 5.41) is 0. The molecule has 0 radical (unpaired) electrons. The Labute approximate surface area is 138 Å². The van der Waals surface area contributed by atoms with E-state index in [9.17, 15) is 0 Å². The molecular weight excluding hydrogens is 304 g/mol. The Bertz CT molecular complexity index is 227. The maximum absolute atomic E-state index is 5.59. The van der Waals surface area contributed by atoms with Gasteiger partial charge in [0, 0.05) is 27.4 Å². The van der Waals surface area contributed by atoms with Crippen LogP contribution in [0.2, 0.25) is 0 Å². The summed E-state index contributed by atoms with van der Waals surface area (Å²) >= 11 is 0. The van der Waals surface area contributed by atoms with Crippen LogP contribution in [0.1, 0.15) is 12.8 Å². The average Bonchev–Trinajstić information content (AvgIpc) is 2.49. The molecule has 0 aliphatic heterocycles. The lowest BCUT2D eigenvalue weighted by Gasteiger charge is -2.31. The van der Waals surface area contributed by atoms with E-state index in [4.69, 9.17) is 23.7 Å². The van der Waals surface area contributed by atoms with Crippen LogP contribution in [0, 0.1) is 0 Å². The number of hydrogen-bond acceptors (Lipinski definition) is 5. The van der Waals surface area contributed by atoms with Gasteiger partial charge in [0.25, 0.3) is 0 Å². The normalized spacial score (nSPS) is 12.7. The minimum absolute atomic E-state index is 0.518. The topological polar surface area (TPSA) is 46.2 Å². The Morgan fingerprint density at radius 3 is 1.32 bits per heavy atom. The first-order chi connectivity index (χ1) is 10.6. The lowest BCUT2D eigenvalue weighted by atomic mass is 10.5. The van der Waals surface area contributed by atoms with Crippen LogP contribution >= 0.6 is 10.0 Å². The second-order valence-electron chi connectivity index (χ2n) is 5.71. The summed E-state index contributed by atoms with van der Waals surface area (Å²) in [6.45, 7) is 5.67. The molecule has 0 unspecified atom stereocenters.